The van der Waals surface area contributed by atoms with Crippen molar-refractivity contribution in [2.75, 3.05) is 6.61 Å². The highest BCUT2D eigenvalue weighted by Crippen LogP contribution is 1.99. The molecular weight excluding hydrogens is 242 g/mol. The second-order valence-corrected chi connectivity index (χ2v) is 3.93. The largest absolute Gasteiger partial charge is 0.462 e. The summed E-state index contributed by atoms with van der Waals surface area (Å²) < 4.78 is 6.47. The van der Waals surface area contributed by atoms with Crippen molar-refractivity contribution in [3.8, 4) is 0 Å². The zero-order chi connectivity index (χ0) is 13.5. The van der Waals surface area contributed by atoms with Gasteiger partial charge in [-0.3, -0.25) is 4.84 Å². The molecule has 98 valence electrons. The van der Waals surface area contributed by atoms with Crippen LogP contribution in [-0.2, 0) is 11.3 Å². The molecule has 0 aliphatic rings. The summed E-state index contributed by atoms with van der Waals surface area (Å²) in [4.78, 5) is 17.0. The van der Waals surface area contributed by atoms with Crippen LogP contribution in [0.3, 0.4) is 0 Å². The second-order valence-electron chi connectivity index (χ2n) is 3.93. The number of carbonyl (C=O) groups excluding carboxylic acids is 1. The van der Waals surface area contributed by atoms with Gasteiger partial charge < -0.3 is 4.74 Å². The van der Waals surface area contributed by atoms with Gasteiger partial charge in [-0.15, -0.1) is 0 Å². The Bertz CT molecular complexity index is 523. The monoisotopic (exact) mass is 258 g/mol. The summed E-state index contributed by atoms with van der Waals surface area (Å²) in [6.45, 7) is 2.63. The molecule has 0 aliphatic carbocycles. The predicted molar refractivity (Wildman–Crippen MR) is 69.3 cm³/mol. The number of rotatable bonds is 5. The molecule has 1 aromatic carbocycles. The van der Waals surface area contributed by atoms with Gasteiger partial charge in [0.05, 0.1) is 12.2 Å². The smallest absolute Gasteiger partial charge is 0.338 e. The molecular formula is C15H16NO3+. The maximum atomic E-state index is 11.5. The summed E-state index contributed by atoms with van der Waals surface area (Å²) in [6, 6.07) is 13.2. The summed E-state index contributed by atoms with van der Waals surface area (Å²) in [5.41, 5.74) is 1.60. The fourth-order valence-corrected chi connectivity index (χ4v) is 1.57. The normalized spacial score (nSPS) is 9.95. The molecule has 19 heavy (non-hydrogen) atoms. The first kappa shape index (κ1) is 13.1. The van der Waals surface area contributed by atoms with E-state index in [0.717, 1.165) is 5.56 Å². The number of benzene rings is 1. The Kier molecular flexibility index (Phi) is 4.50. The van der Waals surface area contributed by atoms with Crippen LogP contribution in [-0.4, -0.2) is 12.6 Å². The number of hydrogen-bond acceptors (Lipinski definition) is 3. The summed E-state index contributed by atoms with van der Waals surface area (Å²) >= 11 is 0. The van der Waals surface area contributed by atoms with Gasteiger partial charge in [-0.1, -0.05) is 30.3 Å². The highest BCUT2D eigenvalue weighted by atomic mass is 16.7. The van der Waals surface area contributed by atoms with Gasteiger partial charge in [-0.2, -0.15) is 0 Å². The fraction of sp³-hybridized carbons (Fsp3) is 0.200. The van der Waals surface area contributed by atoms with E-state index in [1.54, 1.807) is 36.2 Å². The van der Waals surface area contributed by atoms with Crippen molar-refractivity contribution in [2.24, 2.45) is 0 Å². The van der Waals surface area contributed by atoms with Gasteiger partial charge >= 0.3 is 5.97 Å². The number of pyridine rings is 1. The van der Waals surface area contributed by atoms with E-state index >= 15 is 0 Å². The van der Waals surface area contributed by atoms with Crippen LogP contribution >= 0.6 is 0 Å². The van der Waals surface area contributed by atoms with Crippen molar-refractivity contribution in [1.82, 2.24) is 0 Å². The molecule has 1 aromatic heterocycles. The van der Waals surface area contributed by atoms with Gasteiger partial charge in [0.15, 0.2) is 6.61 Å². The molecule has 2 rings (SSSR count). The molecule has 0 radical (unpaired) electrons. The number of hydrogen-bond donors (Lipinski definition) is 0. The molecule has 0 aliphatic heterocycles. The van der Waals surface area contributed by atoms with Gasteiger partial charge in [0.25, 0.3) is 0 Å². The molecule has 0 saturated carbocycles. The number of esters is 1. The molecule has 0 unspecified atom stereocenters. The van der Waals surface area contributed by atoms with Crippen LogP contribution in [0.2, 0.25) is 0 Å². The third kappa shape index (κ3) is 3.81. The number of carbonyl (C=O) groups is 1. The van der Waals surface area contributed by atoms with Crippen LogP contribution in [0, 0.1) is 0 Å². The lowest BCUT2D eigenvalue weighted by Crippen LogP contribution is -2.41. The molecule has 2 aromatic rings. The average molecular weight is 258 g/mol. The molecule has 0 spiro atoms. The lowest BCUT2D eigenvalue weighted by atomic mass is 10.2. The molecule has 0 saturated heterocycles. The van der Waals surface area contributed by atoms with Crippen molar-refractivity contribution in [3.05, 3.63) is 66.0 Å². The fourth-order valence-electron chi connectivity index (χ4n) is 1.57. The summed E-state index contributed by atoms with van der Waals surface area (Å²) in [5.74, 6) is -0.322. The zero-order valence-electron chi connectivity index (χ0n) is 10.8. The van der Waals surface area contributed by atoms with Crippen molar-refractivity contribution < 1.29 is 19.1 Å². The lowest BCUT2D eigenvalue weighted by molar-refractivity contribution is -0.895. The van der Waals surface area contributed by atoms with Crippen LogP contribution in [0.1, 0.15) is 22.8 Å². The third-order valence-corrected chi connectivity index (χ3v) is 2.54. The zero-order valence-corrected chi connectivity index (χ0v) is 10.8. The Morgan fingerprint density at radius 2 is 1.79 bits per heavy atom. The van der Waals surface area contributed by atoms with Crippen molar-refractivity contribution in [1.29, 1.82) is 0 Å². The van der Waals surface area contributed by atoms with Gasteiger partial charge in [-0.05, 0) is 12.5 Å². The molecule has 0 bridgehead atoms. The number of nitrogens with zero attached hydrogens (tertiary/aromatic N) is 1. The standard InChI is InChI=1S/C15H16NO3/c1-2-18-15(17)14-8-10-16(11-9-14)19-12-13-6-4-3-5-7-13/h3-11H,2,12H2,1H3/q+1. The Morgan fingerprint density at radius 3 is 2.42 bits per heavy atom. The molecule has 4 nitrogen and oxygen atoms in total. The quantitative estimate of drug-likeness (QED) is 0.606. The van der Waals surface area contributed by atoms with Crippen LogP contribution in [0.5, 0.6) is 0 Å². The van der Waals surface area contributed by atoms with E-state index in [1.165, 1.54) is 0 Å². The highest BCUT2D eigenvalue weighted by molar-refractivity contribution is 5.88. The van der Waals surface area contributed by atoms with E-state index in [1.807, 2.05) is 30.3 Å². The van der Waals surface area contributed by atoms with E-state index in [2.05, 4.69) is 0 Å². The summed E-state index contributed by atoms with van der Waals surface area (Å²) in [6.07, 6.45) is 3.38. The maximum Gasteiger partial charge on any atom is 0.338 e. The summed E-state index contributed by atoms with van der Waals surface area (Å²) in [7, 11) is 0. The average Bonchev–Trinajstić information content (AvgIpc) is 2.47. The molecule has 0 fully saturated rings. The SMILES string of the molecule is CCOC(=O)c1cc[n+](OCc2ccccc2)cc1. The van der Waals surface area contributed by atoms with Crippen LogP contribution in [0.4, 0.5) is 0 Å². The van der Waals surface area contributed by atoms with Gasteiger partial charge in [0, 0.05) is 16.9 Å². The maximum absolute atomic E-state index is 11.5. The Balaban J connectivity index is 1.94. The Hall–Kier alpha value is -2.36. The first-order chi connectivity index (χ1) is 9.29. The van der Waals surface area contributed by atoms with Crippen molar-refractivity contribution >= 4 is 5.97 Å². The van der Waals surface area contributed by atoms with Crippen LogP contribution in [0.15, 0.2) is 54.9 Å². The predicted octanol–water partition coefficient (Wildman–Crippen LogP) is 1.78. The number of ether oxygens (including phenoxy) is 1. The number of aromatic nitrogens is 1. The summed E-state index contributed by atoms with van der Waals surface area (Å²) in [5, 5.41) is 0. The molecule has 1 heterocycles. The van der Waals surface area contributed by atoms with Gasteiger partial charge in [0.1, 0.15) is 0 Å². The van der Waals surface area contributed by atoms with Crippen molar-refractivity contribution in [2.45, 2.75) is 13.5 Å². The first-order valence-corrected chi connectivity index (χ1v) is 6.15. The Morgan fingerprint density at radius 1 is 1.11 bits per heavy atom. The minimum Gasteiger partial charge on any atom is -0.462 e. The third-order valence-electron chi connectivity index (χ3n) is 2.54. The Labute approximate surface area is 112 Å². The van der Waals surface area contributed by atoms with E-state index in [4.69, 9.17) is 9.57 Å². The van der Waals surface area contributed by atoms with E-state index in [9.17, 15) is 4.79 Å². The van der Waals surface area contributed by atoms with E-state index in [0.29, 0.717) is 18.8 Å². The van der Waals surface area contributed by atoms with E-state index < -0.39 is 0 Å². The topological polar surface area (TPSA) is 39.4 Å². The minimum absolute atomic E-state index is 0.322. The molecule has 0 amide bonds. The molecule has 0 atom stereocenters. The lowest BCUT2D eigenvalue weighted by Gasteiger charge is -2.01. The van der Waals surface area contributed by atoms with Gasteiger partial charge in [0.2, 0.25) is 12.4 Å². The van der Waals surface area contributed by atoms with Crippen LogP contribution in [0.25, 0.3) is 0 Å². The highest BCUT2D eigenvalue weighted by Gasteiger charge is 2.09. The van der Waals surface area contributed by atoms with Crippen molar-refractivity contribution in [3.63, 3.8) is 0 Å². The second kappa shape index (κ2) is 6.54. The molecule has 4 heteroatoms. The van der Waals surface area contributed by atoms with Gasteiger partial charge in [-0.25, -0.2) is 4.79 Å². The molecule has 0 N–H and O–H groups in total. The first-order valence-electron chi connectivity index (χ1n) is 6.15. The minimum atomic E-state index is -0.322. The van der Waals surface area contributed by atoms with E-state index in [-0.39, 0.29) is 5.97 Å². The van der Waals surface area contributed by atoms with Crippen LogP contribution < -0.4 is 9.57 Å².